The molecular weight excluding hydrogens is 302 g/mol. The zero-order valence-electron chi connectivity index (χ0n) is 9.45. The molecule has 1 saturated heterocycles. The van der Waals surface area contributed by atoms with Crippen molar-refractivity contribution in [1.29, 1.82) is 0 Å². The van der Waals surface area contributed by atoms with Gasteiger partial charge in [-0.1, -0.05) is 23.2 Å². The summed E-state index contributed by atoms with van der Waals surface area (Å²) >= 11 is 12.0. The molecule has 2 rings (SSSR count). The number of hydrogen-bond acceptors (Lipinski definition) is 2. The first kappa shape index (κ1) is 17.1. The summed E-state index contributed by atoms with van der Waals surface area (Å²) in [5.41, 5.74) is 1.11. The van der Waals surface area contributed by atoms with E-state index < -0.39 is 0 Å². The normalized spacial score (nSPS) is 19.2. The fourth-order valence-corrected chi connectivity index (χ4v) is 2.44. The second-order valence-corrected chi connectivity index (χ2v) is 4.75. The second kappa shape index (κ2) is 7.55. The molecule has 0 amide bonds. The Bertz CT molecular complexity index is 339. The minimum Gasteiger partial charge on any atom is -0.366 e. The Morgan fingerprint density at radius 1 is 1.18 bits per heavy atom. The predicted octanol–water partition coefficient (Wildman–Crippen LogP) is 3.64. The number of anilines is 1. The van der Waals surface area contributed by atoms with Gasteiger partial charge in [0, 0.05) is 41.4 Å². The van der Waals surface area contributed by atoms with Crippen LogP contribution < -0.4 is 10.2 Å². The molecule has 1 fully saturated rings. The number of rotatable bonds is 1. The van der Waals surface area contributed by atoms with Gasteiger partial charge in [-0.25, -0.2) is 0 Å². The minimum atomic E-state index is 0. The van der Waals surface area contributed by atoms with Gasteiger partial charge in [-0.2, -0.15) is 0 Å². The molecule has 1 aliphatic heterocycles. The van der Waals surface area contributed by atoms with Gasteiger partial charge in [-0.05, 0) is 25.1 Å². The van der Waals surface area contributed by atoms with Gasteiger partial charge in [0.15, 0.2) is 0 Å². The lowest BCUT2D eigenvalue weighted by Crippen LogP contribution is -2.49. The van der Waals surface area contributed by atoms with Crippen LogP contribution in [0.2, 0.25) is 10.0 Å². The van der Waals surface area contributed by atoms with Crippen LogP contribution in [0.15, 0.2) is 18.2 Å². The molecule has 0 aromatic heterocycles. The summed E-state index contributed by atoms with van der Waals surface area (Å²) < 4.78 is 0. The number of nitrogens with one attached hydrogen (secondary N) is 1. The lowest BCUT2D eigenvalue weighted by atomic mass is 10.2. The molecule has 1 aromatic rings. The lowest BCUT2D eigenvalue weighted by Gasteiger charge is -2.36. The zero-order valence-corrected chi connectivity index (χ0v) is 12.6. The summed E-state index contributed by atoms with van der Waals surface area (Å²) in [5, 5.41) is 4.75. The standard InChI is InChI=1S/C11H14Cl2N2.2ClH/c1-8-7-14-2-3-15(8)11-5-9(12)4-10(13)6-11;;/h4-6,8,14H,2-3,7H2,1H3;2*1H/t8-;;/m1../s1. The zero-order chi connectivity index (χ0) is 10.8. The summed E-state index contributed by atoms with van der Waals surface area (Å²) in [6.07, 6.45) is 0. The van der Waals surface area contributed by atoms with Crippen molar-refractivity contribution in [2.45, 2.75) is 13.0 Å². The molecule has 1 atom stereocenters. The number of nitrogens with zero attached hydrogens (tertiary/aromatic N) is 1. The van der Waals surface area contributed by atoms with Gasteiger partial charge in [-0.15, -0.1) is 24.8 Å². The number of piperazine rings is 1. The highest BCUT2D eigenvalue weighted by Gasteiger charge is 2.18. The molecule has 1 heterocycles. The largest absolute Gasteiger partial charge is 0.366 e. The Balaban J connectivity index is 0.00000128. The Morgan fingerprint density at radius 3 is 2.29 bits per heavy atom. The summed E-state index contributed by atoms with van der Waals surface area (Å²) in [4.78, 5) is 2.33. The van der Waals surface area contributed by atoms with Crippen LogP contribution in [0.3, 0.4) is 0 Å². The van der Waals surface area contributed by atoms with E-state index >= 15 is 0 Å². The first-order chi connectivity index (χ1) is 7.16. The van der Waals surface area contributed by atoms with Gasteiger partial charge in [0.2, 0.25) is 0 Å². The third kappa shape index (κ3) is 4.38. The maximum absolute atomic E-state index is 5.99. The topological polar surface area (TPSA) is 15.3 Å². The van der Waals surface area contributed by atoms with Gasteiger partial charge >= 0.3 is 0 Å². The summed E-state index contributed by atoms with van der Waals surface area (Å²) in [6.45, 7) is 5.21. The van der Waals surface area contributed by atoms with Crippen LogP contribution in [-0.2, 0) is 0 Å². The number of benzene rings is 1. The van der Waals surface area contributed by atoms with Crippen molar-refractivity contribution < 1.29 is 0 Å². The van der Waals surface area contributed by atoms with E-state index in [1.807, 2.05) is 12.1 Å². The number of halogens is 4. The minimum absolute atomic E-state index is 0. The Morgan fingerprint density at radius 2 is 1.76 bits per heavy atom. The van der Waals surface area contributed by atoms with Crippen LogP contribution in [0.4, 0.5) is 5.69 Å². The first-order valence-electron chi connectivity index (χ1n) is 5.10. The van der Waals surface area contributed by atoms with Gasteiger partial charge in [0.25, 0.3) is 0 Å². The molecule has 6 heteroatoms. The van der Waals surface area contributed by atoms with E-state index in [1.165, 1.54) is 0 Å². The maximum Gasteiger partial charge on any atom is 0.0441 e. The fraction of sp³-hybridized carbons (Fsp3) is 0.455. The Hall–Kier alpha value is 0.140. The van der Waals surface area contributed by atoms with Crippen LogP contribution in [0, 0.1) is 0 Å². The van der Waals surface area contributed by atoms with E-state index in [0.29, 0.717) is 16.1 Å². The van der Waals surface area contributed by atoms with Crippen molar-refractivity contribution in [2.75, 3.05) is 24.5 Å². The van der Waals surface area contributed by atoms with Gasteiger partial charge in [0.05, 0.1) is 0 Å². The van der Waals surface area contributed by atoms with Crippen LogP contribution in [0.1, 0.15) is 6.92 Å². The first-order valence-corrected chi connectivity index (χ1v) is 5.86. The summed E-state index contributed by atoms with van der Waals surface area (Å²) in [7, 11) is 0. The summed E-state index contributed by atoms with van der Waals surface area (Å²) in [6, 6.07) is 6.18. The van der Waals surface area contributed by atoms with E-state index in [1.54, 1.807) is 6.07 Å². The monoisotopic (exact) mass is 316 g/mol. The smallest absolute Gasteiger partial charge is 0.0441 e. The molecule has 0 bridgehead atoms. The van der Waals surface area contributed by atoms with Crippen molar-refractivity contribution in [3.63, 3.8) is 0 Å². The van der Waals surface area contributed by atoms with Crippen molar-refractivity contribution in [3.8, 4) is 0 Å². The highest BCUT2D eigenvalue weighted by molar-refractivity contribution is 6.35. The van der Waals surface area contributed by atoms with E-state index in [9.17, 15) is 0 Å². The summed E-state index contributed by atoms with van der Waals surface area (Å²) in [5.74, 6) is 0. The number of hydrogen-bond donors (Lipinski definition) is 1. The van der Waals surface area contributed by atoms with Crippen molar-refractivity contribution in [3.05, 3.63) is 28.2 Å². The molecule has 1 aromatic carbocycles. The quantitative estimate of drug-likeness (QED) is 0.850. The molecule has 0 unspecified atom stereocenters. The third-order valence-corrected chi connectivity index (χ3v) is 3.12. The SMILES string of the molecule is C[C@@H]1CNCCN1c1cc(Cl)cc(Cl)c1.Cl.Cl. The molecule has 0 spiro atoms. The Kier molecular flexibility index (Phi) is 7.61. The average molecular weight is 318 g/mol. The van der Waals surface area contributed by atoms with Crippen molar-refractivity contribution in [2.24, 2.45) is 0 Å². The molecule has 98 valence electrons. The molecule has 0 aliphatic carbocycles. The molecular formula is C11H16Cl4N2. The molecule has 1 N–H and O–H groups in total. The highest BCUT2D eigenvalue weighted by atomic mass is 35.5. The van der Waals surface area contributed by atoms with E-state index in [-0.39, 0.29) is 24.8 Å². The van der Waals surface area contributed by atoms with Gasteiger partial charge in [-0.3, -0.25) is 0 Å². The van der Waals surface area contributed by atoms with Crippen LogP contribution >= 0.6 is 48.0 Å². The van der Waals surface area contributed by atoms with Gasteiger partial charge < -0.3 is 10.2 Å². The molecule has 2 nitrogen and oxygen atoms in total. The van der Waals surface area contributed by atoms with Crippen LogP contribution in [0.5, 0.6) is 0 Å². The predicted molar refractivity (Wildman–Crippen MR) is 80.6 cm³/mol. The van der Waals surface area contributed by atoms with E-state index in [4.69, 9.17) is 23.2 Å². The molecule has 17 heavy (non-hydrogen) atoms. The van der Waals surface area contributed by atoms with Crippen LogP contribution in [-0.4, -0.2) is 25.7 Å². The van der Waals surface area contributed by atoms with Crippen molar-refractivity contribution >= 4 is 53.7 Å². The maximum atomic E-state index is 5.99. The molecule has 0 radical (unpaired) electrons. The molecule has 1 aliphatic rings. The van der Waals surface area contributed by atoms with Gasteiger partial charge in [0.1, 0.15) is 0 Å². The van der Waals surface area contributed by atoms with E-state index in [0.717, 1.165) is 25.3 Å². The fourth-order valence-electron chi connectivity index (χ4n) is 1.93. The van der Waals surface area contributed by atoms with Crippen molar-refractivity contribution in [1.82, 2.24) is 5.32 Å². The van der Waals surface area contributed by atoms with E-state index in [2.05, 4.69) is 17.1 Å². The highest BCUT2D eigenvalue weighted by Crippen LogP contribution is 2.27. The third-order valence-electron chi connectivity index (χ3n) is 2.68. The molecule has 0 saturated carbocycles. The Labute approximate surface area is 124 Å². The average Bonchev–Trinajstić information content (AvgIpc) is 2.16. The second-order valence-electron chi connectivity index (χ2n) is 3.87. The van der Waals surface area contributed by atoms with Crippen LogP contribution in [0.25, 0.3) is 0 Å². The lowest BCUT2D eigenvalue weighted by molar-refractivity contribution is 0.501.